The maximum atomic E-state index is 4.02. The van der Waals surface area contributed by atoms with E-state index in [0.717, 1.165) is 6.42 Å². The van der Waals surface area contributed by atoms with Crippen molar-refractivity contribution < 1.29 is 0 Å². The van der Waals surface area contributed by atoms with Gasteiger partial charge in [-0.05, 0) is 41.6 Å². The van der Waals surface area contributed by atoms with E-state index in [4.69, 9.17) is 0 Å². The zero-order valence-electron chi connectivity index (χ0n) is 19.6. The minimum atomic E-state index is -0.699. The van der Waals surface area contributed by atoms with Gasteiger partial charge in [0.2, 0.25) is 0 Å². The van der Waals surface area contributed by atoms with Crippen molar-refractivity contribution in [3.05, 3.63) is 156 Å². The molecular weight excluding hydrogens is 441 g/mol. The molecule has 170 valence electrons. The first-order chi connectivity index (χ1) is 17.4. The molecule has 6 rings (SSSR count). The van der Waals surface area contributed by atoms with Crippen LogP contribution in [0.4, 0.5) is 5.69 Å². The van der Waals surface area contributed by atoms with E-state index in [0.29, 0.717) is 5.92 Å². The SMILES string of the molecule is c1ccc([C@H]2C[C@@H](c3ccccc3)Nc3c2cccc3P(c2ccccc2)c2ccccc2)cc1. The van der Waals surface area contributed by atoms with Crippen LogP contribution in [0.3, 0.4) is 0 Å². The normalized spacial score (nSPS) is 16.9. The van der Waals surface area contributed by atoms with Crippen molar-refractivity contribution in [1.82, 2.24) is 0 Å². The Morgan fingerprint density at radius 2 is 1.03 bits per heavy atom. The van der Waals surface area contributed by atoms with Crippen LogP contribution in [0.2, 0.25) is 0 Å². The topological polar surface area (TPSA) is 12.0 Å². The fraction of sp³-hybridized carbons (Fsp3) is 0.0909. The molecule has 35 heavy (non-hydrogen) atoms. The van der Waals surface area contributed by atoms with Crippen LogP contribution in [0.1, 0.15) is 35.1 Å². The van der Waals surface area contributed by atoms with E-state index in [-0.39, 0.29) is 6.04 Å². The second kappa shape index (κ2) is 9.90. The molecule has 2 heteroatoms. The molecule has 0 aliphatic carbocycles. The number of fused-ring (bicyclic) bond motifs is 1. The lowest BCUT2D eigenvalue weighted by atomic mass is 9.80. The lowest BCUT2D eigenvalue weighted by molar-refractivity contribution is 0.604. The number of benzene rings is 5. The second-order valence-electron chi connectivity index (χ2n) is 9.05. The molecule has 0 saturated heterocycles. The van der Waals surface area contributed by atoms with Crippen LogP contribution in [0, 0.1) is 0 Å². The average molecular weight is 470 g/mol. The third-order valence-electron chi connectivity index (χ3n) is 6.91. The summed E-state index contributed by atoms with van der Waals surface area (Å²) >= 11 is 0. The van der Waals surface area contributed by atoms with Crippen molar-refractivity contribution in [1.29, 1.82) is 0 Å². The van der Waals surface area contributed by atoms with E-state index >= 15 is 0 Å². The van der Waals surface area contributed by atoms with Crippen molar-refractivity contribution in [3.63, 3.8) is 0 Å². The Hall–Kier alpha value is -3.67. The molecule has 0 aromatic heterocycles. The third kappa shape index (κ3) is 4.41. The second-order valence-corrected chi connectivity index (χ2v) is 11.2. The minimum Gasteiger partial charge on any atom is -0.377 e. The Balaban J connectivity index is 1.55. The van der Waals surface area contributed by atoms with Gasteiger partial charge in [0.1, 0.15) is 0 Å². The molecule has 5 aromatic carbocycles. The average Bonchev–Trinajstić information content (AvgIpc) is 2.95. The van der Waals surface area contributed by atoms with Crippen LogP contribution < -0.4 is 21.2 Å². The van der Waals surface area contributed by atoms with E-state index in [1.54, 1.807) is 0 Å². The number of para-hydroxylation sites is 1. The number of hydrogen-bond acceptors (Lipinski definition) is 1. The monoisotopic (exact) mass is 469 g/mol. The Kier molecular flexibility index (Phi) is 6.18. The fourth-order valence-electron chi connectivity index (χ4n) is 5.27. The van der Waals surface area contributed by atoms with Crippen molar-refractivity contribution in [3.8, 4) is 0 Å². The summed E-state index contributed by atoms with van der Waals surface area (Å²) in [7, 11) is -0.699. The Bertz CT molecular complexity index is 1350. The van der Waals surface area contributed by atoms with Crippen molar-refractivity contribution in [2.24, 2.45) is 0 Å². The van der Waals surface area contributed by atoms with Gasteiger partial charge in [-0.15, -0.1) is 0 Å². The molecule has 0 amide bonds. The highest BCUT2D eigenvalue weighted by molar-refractivity contribution is 7.80. The zero-order chi connectivity index (χ0) is 23.5. The first kappa shape index (κ1) is 21.8. The number of rotatable bonds is 5. The Labute approximate surface area is 209 Å². The van der Waals surface area contributed by atoms with Crippen LogP contribution in [-0.2, 0) is 0 Å². The predicted molar refractivity (Wildman–Crippen MR) is 151 cm³/mol. The van der Waals surface area contributed by atoms with Gasteiger partial charge in [-0.2, -0.15) is 0 Å². The molecule has 1 aliphatic rings. The molecule has 0 spiro atoms. The molecular formula is C33H28NP. The van der Waals surface area contributed by atoms with Crippen LogP contribution in [0.15, 0.2) is 140 Å². The maximum Gasteiger partial charge on any atom is 0.0523 e. The number of nitrogens with one attached hydrogen (secondary N) is 1. The molecule has 5 aromatic rings. The van der Waals surface area contributed by atoms with Gasteiger partial charge in [0.25, 0.3) is 0 Å². The van der Waals surface area contributed by atoms with Gasteiger partial charge in [-0.1, -0.05) is 140 Å². The van der Waals surface area contributed by atoms with Crippen LogP contribution in [0.25, 0.3) is 0 Å². The first-order valence-electron chi connectivity index (χ1n) is 12.3. The van der Waals surface area contributed by atoms with Gasteiger partial charge >= 0.3 is 0 Å². The van der Waals surface area contributed by atoms with Gasteiger partial charge in [0.05, 0.1) is 6.04 Å². The number of hydrogen-bond donors (Lipinski definition) is 1. The maximum absolute atomic E-state index is 4.02. The van der Waals surface area contributed by atoms with Crippen molar-refractivity contribution >= 4 is 29.5 Å². The summed E-state index contributed by atoms with van der Waals surface area (Å²) in [6.45, 7) is 0. The summed E-state index contributed by atoms with van der Waals surface area (Å²) < 4.78 is 0. The molecule has 0 saturated carbocycles. The van der Waals surface area contributed by atoms with Crippen LogP contribution in [0.5, 0.6) is 0 Å². The summed E-state index contributed by atoms with van der Waals surface area (Å²) in [4.78, 5) is 0. The molecule has 1 nitrogen and oxygen atoms in total. The highest BCUT2D eigenvalue weighted by atomic mass is 31.1. The summed E-state index contributed by atoms with van der Waals surface area (Å²) in [5.41, 5.74) is 5.44. The Morgan fingerprint density at radius 1 is 0.514 bits per heavy atom. The van der Waals surface area contributed by atoms with E-state index in [1.165, 1.54) is 38.3 Å². The summed E-state index contributed by atoms with van der Waals surface area (Å²) in [5.74, 6) is 0.348. The van der Waals surface area contributed by atoms with Gasteiger partial charge in [0.15, 0.2) is 0 Å². The molecule has 1 aliphatic heterocycles. The molecule has 0 unspecified atom stereocenters. The summed E-state index contributed by atoms with van der Waals surface area (Å²) in [6, 6.07) is 51.1. The smallest absolute Gasteiger partial charge is 0.0523 e. The van der Waals surface area contributed by atoms with Crippen LogP contribution >= 0.6 is 7.92 Å². The standard InChI is InChI=1S/C33H28NP/c1-5-14-25(15-6-1)30-24-31(26-16-7-2-8-17-26)34-33-29(30)22-13-23-32(33)35(27-18-9-3-10-19-27)28-20-11-4-12-21-28/h1-23,30-31,34H,24H2/t30-,31+/m1/s1. The zero-order valence-corrected chi connectivity index (χ0v) is 20.5. The summed E-state index contributed by atoms with van der Waals surface area (Å²) in [6.07, 6.45) is 1.04. The molecule has 1 N–H and O–H groups in total. The first-order valence-corrected chi connectivity index (χ1v) is 13.6. The lowest BCUT2D eigenvalue weighted by Gasteiger charge is -2.36. The number of anilines is 1. The molecule has 2 atom stereocenters. The van der Waals surface area contributed by atoms with Crippen molar-refractivity contribution in [2.45, 2.75) is 18.4 Å². The molecule has 0 bridgehead atoms. The highest BCUT2D eigenvalue weighted by Gasteiger charge is 2.32. The van der Waals surface area contributed by atoms with Crippen molar-refractivity contribution in [2.75, 3.05) is 5.32 Å². The van der Waals surface area contributed by atoms with E-state index in [9.17, 15) is 0 Å². The fourth-order valence-corrected chi connectivity index (χ4v) is 7.72. The third-order valence-corrected chi connectivity index (χ3v) is 9.40. The van der Waals surface area contributed by atoms with E-state index in [2.05, 4.69) is 145 Å². The minimum absolute atomic E-state index is 0.262. The van der Waals surface area contributed by atoms with Gasteiger partial charge in [-0.3, -0.25) is 0 Å². The predicted octanol–water partition coefficient (Wildman–Crippen LogP) is 7.13. The lowest BCUT2D eigenvalue weighted by Crippen LogP contribution is -2.30. The highest BCUT2D eigenvalue weighted by Crippen LogP contribution is 2.46. The van der Waals surface area contributed by atoms with Crippen LogP contribution in [-0.4, -0.2) is 0 Å². The summed E-state index contributed by atoms with van der Waals surface area (Å²) in [5, 5.41) is 8.17. The van der Waals surface area contributed by atoms with Gasteiger partial charge in [0, 0.05) is 16.9 Å². The largest absolute Gasteiger partial charge is 0.377 e. The molecule has 0 radical (unpaired) electrons. The van der Waals surface area contributed by atoms with Gasteiger partial charge < -0.3 is 5.32 Å². The van der Waals surface area contributed by atoms with Gasteiger partial charge in [-0.25, -0.2) is 0 Å². The quantitative estimate of drug-likeness (QED) is 0.270. The Morgan fingerprint density at radius 3 is 1.60 bits per heavy atom. The van der Waals surface area contributed by atoms with E-state index < -0.39 is 7.92 Å². The van der Waals surface area contributed by atoms with E-state index in [1.807, 2.05) is 0 Å². The molecule has 0 fully saturated rings. The molecule has 1 heterocycles.